The summed E-state index contributed by atoms with van der Waals surface area (Å²) >= 11 is 0. The normalized spacial score (nSPS) is 22.1. The minimum Gasteiger partial charge on any atom is -0.315 e. The molecule has 1 unspecified atom stereocenters. The SMILES string of the molecule is CC(C)(C)c1cc2n(n1)CCN(Cc1cnnn1C1CCCNC1)C2. The van der Waals surface area contributed by atoms with Crippen molar-refractivity contribution in [3.63, 3.8) is 0 Å². The van der Waals surface area contributed by atoms with Crippen LogP contribution >= 0.6 is 0 Å². The third kappa shape index (κ3) is 3.48. The van der Waals surface area contributed by atoms with Gasteiger partial charge in [-0.15, -0.1) is 5.10 Å². The quantitative estimate of drug-likeness (QED) is 0.919. The van der Waals surface area contributed by atoms with Crippen molar-refractivity contribution in [2.24, 2.45) is 0 Å². The average molecular weight is 343 g/mol. The molecular formula is C18H29N7. The second-order valence-corrected chi connectivity index (χ2v) is 8.37. The lowest BCUT2D eigenvalue weighted by Gasteiger charge is -2.29. The van der Waals surface area contributed by atoms with Gasteiger partial charge in [-0.1, -0.05) is 26.0 Å². The van der Waals surface area contributed by atoms with E-state index in [1.807, 2.05) is 6.20 Å². The van der Waals surface area contributed by atoms with Gasteiger partial charge in [0.05, 0.1) is 35.9 Å². The van der Waals surface area contributed by atoms with Crippen LogP contribution < -0.4 is 5.32 Å². The molecule has 25 heavy (non-hydrogen) atoms. The van der Waals surface area contributed by atoms with E-state index in [2.05, 4.69) is 56.7 Å². The van der Waals surface area contributed by atoms with Gasteiger partial charge < -0.3 is 5.32 Å². The maximum atomic E-state index is 4.80. The maximum absolute atomic E-state index is 4.80. The number of rotatable bonds is 3. The van der Waals surface area contributed by atoms with E-state index in [-0.39, 0.29) is 5.41 Å². The number of hydrogen-bond donors (Lipinski definition) is 1. The van der Waals surface area contributed by atoms with E-state index in [4.69, 9.17) is 5.10 Å². The summed E-state index contributed by atoms with van der Waals surface area (Å²) in [7, 11) is 0. The Balaban J connectivity index is 1.46. The fourth-order valence-electron chi connectivity index (χ4n) is 3.78. The predicted octanol–water partition coefficient (Wildman–Crippen LogP) is 1.71. The summed E-state index contributed by atoms with van der Waals surface area (Å²) in [6.45, 7) is 12.6. The van der Waals surface area contributed by atoms with Crippen LogP contribution in [-0.4, -0.2) is 49.3 Å². The Labute approximate surface area is 149 Å². The second kappa shape index (κ2) is 6.53. The van der Waals surface area contributed by atoms with E-state index in [0.717, 1.165) is 39.3 Å². The van der Waals surface area contributed by atoms with Gasteiger partial charge in [0.25, 0.3) is 0 Å². The monoisotopic (exact) mass is 343 g/mol. The largest absolute Gasteiger partial charge is 0.315 e. The molecule has 1 atom stereocenters. The molecule has 0 aliphatic carbocycles. The van der Waals surface area contributed by atoms with Crippen molar-refractivity contribution in [3.05, 3.63) is 29.3 Å². The highest BCUT2D eigenvalue weighted by atomic mass is 15.4. The number of nitrogens with zero attached hydrogens (tertiary/aromatic N) is 6. The summed E-state index contributed by atoms with van der Waals surface area (Å²) in [6.07, 6.45) is 4.33. The van der Waals surface area contributed by atoms with Crippen LogP contribution in [0.25, 0.3) is 0 Å². The smallest absolute Gasteiger partial charge is 0.0738 e. The van der Waals surface area contributed by atoms with Gasteiger partial charge in [0.1, 0.15) is 0 Å². The van der Waals surface area contributed by atoms with Crippen LogP contribution in [0, 0.1) is 0 Å². The van der Waals surface area contributed by atoms with Crippen LogP contribution in [0.1, 0.15) is 56.7 Å². The maximum Gasteiger partial charge on any atom is 0.0738 e. The molecule has 4 heterocycles. The molecule has 2 aliphatic rings. The molecule has 0 amide bonds. The van der Waals surface area contributed by atoms with Crippen molar-refractivity contribution in [3.8, 4) is 0 Å². The first-order chi connectivity index (χ1) is 12.0. The second-order valence-electron chi connectivity index (χ2n) is 8.37. The van der Waals surface area contributed by atoms with Crippen molar-refractivity contribution < 1.29 is 0 Å². The zero-order valence-electron chi connectivity index (χ0n) is 15.6. The summed E-state index contributed by atoms with van der Waals surface area (Å²) in [4.78, 5) is 2.48. The molecular weight excluding hydrogens is 314 g/mol. The lowest BCUT2D eigenvalue weighted by atomic mass is 9.92. The highest BCUT2D eigenvalue weighted by molar-refractivity contribution is 5.18. The summed E-state index contributed by atoms with van der Waals surface area (Å²) in [5.74, 6) is 0. The molecule has 1 N–H and O–H groups in total. The minimum absolute atomic E-state index is 0.103. The van der Waals surface area contributed by atoms with Crippen LogP contribution in [0.15, 0.2) is 12.3 Å². The van der Waals surface area contributed by atoms with Gasteiger partial charge in [0, 0.05) is 31.6 Å². The Morgan fingerprint density at radius 1 is 1.28 bits per heavy atom. The molecule has 0 aromatic carbocycles. The fraction of sp³-hybridized carbons (Fsp3) is 0.722. The lowest BCUT2D eigenvalue weighted by molar-refractivity contribution is 0.195. The van der Waals surface area contributed by atoms with Crippen molar-refractivity contribution in [1.29, 1.82) is 0 Å². The molecule has 1 fully saturated rings. The predicted molar refractivity (Wildman–Crippen MR) is 96.2 cm³/mol. The summed E-state index contributed by atoms with van der Waals surface area (Å²) in [5, 5.41) is 16.8. The van der Waals surface area contributed by atoms with Crippen LogP contribution in [0.2, 0.25) is 0 Å². The van der Waals surface area contributed by atoms with Crippen molar-refractivity contribution in [2.45, 2.75) is 64.7 Å². The van der Waals surface area contributed by atoms with Crippen LogP contribution in [0.3, 0.4) is 0 Å². The van der Waals surface area contributed by atoms with Gasteiger partial charge in [-0.25, -0.2) is 4.68 Å². The average Bonchev–Trinajstić information content (AvgIpc) is 3.21. The van der Waals surface area contributed by atoms with Crippen molar-refractivity contribution in [2.75, 3.05) is 19.6 Å². The van der Waals surface area contributed by atoms with Gasteiger partial charge in [0.2, 0.25) is 0 Å². The van der Waals surface area contributed by atoms with Crippen LogP contribution in [-0.2, 0) is 25.0 Å². The van der Waals surface area contributed by atoms with E-state index in [1.165, 1.54) is 29.9 Å². The van der Waals surface area contributed by atoms with E-state index < -0.39 is 0 Å². The summed E-state index contributed by atoms with van der Waals surface area (Å²) in [6, 6.07) is 2.71. The van der Waals surface area contributed by atoms with Gasteiger partial charge in [0.15, 0.2) is 0 Å². The zero-order chi connectivity index (χ0) is 17.4. The van der Waals surface area contributed by atoms with E-state index in [1.54, 1.807) is 0 Å². The molecule has 0 bridgehead atoms. The number of hydrogen-bond acceptors (Lipinski definition) is 5. The molecule has 0 saturated carbocycles. The minimum atomic E-state index is 0.103. The first kappa shape index (κ1) is 16.7. The number of fused-ring (bicyclic) bond motifs is 1. The highest BCUT2D eigenvalue weighted by Gasteiger charge is 2.25. The first-order valence-electron chi connectivity index (χ1n) is 9.40. The Morgan fingerprint density at radius 3 is 2.92 bits per heavy atom. The highest BCUT2D eigenvalue weighted by Crippen LogP contribution is 2.25. The van der Waals surface area contributed by atoms with E-state index in [0.29, 0.717) is 6.04 Å². The standard InChI is InChI=1S/C18H29N7/c1-18(2,3)17-9-15-12-23(7-8-24(15)21-17)13-16-11-20-22-25(16)14-5-4-6-19-10-14/h9,11,14,19H,4-8,10,12-13H2,1-3H3. The molecule has 0 radical (unpaired) electrons. The first-order valence-corrected chi connectivity index (χ1v) is 9.40. The molecule has 4 rings (SSSR count). The Hall–Kier alpha value is -1.73. The number of nitrogens with one attached hydrogen (secondary N) is 1. The van der Waals surface area contributed by atoms with Crippen LogP contribution in [0.5, 0.6) is 0 Å². The zero-order valence-corrected chi connectivity index (χ0v) is 15.6. The van der Waals surface area contributed by atoms with Crippen molar-refractivity contribution >= 4 is 0 Å². The third-order valence-corrected chi connectivity index (χ3v) is 5.30. The Kier molecular flexibility index (Phi) is 4.37. The molecule has 2 aromatic rings. The topological polar surface area (TPSA) is 63.8 Å². The molecule has 2 aromatic heterocycles. The fourth-order valence-corrected chi connectivity index (χ4v) is 3.78. The third-order valence-electron chi connectivity index (χ3n) is 5.30. The van der Waals surface area contributed by atoms with Crippen LogP contribution in [0.4, 0.5) is 0 Å². The van der Waals surface area contributed by atoms with Crippen molar-refractivity contribution in [1.82, 2.24) is 35.0 Å². The molecule has 7 nitrogen and oxygen atoms in total. The molecule has 136 valence electrons. The summed E-state index contributed by atoms with van der Waals surface area (Å²) < 4.78 is 4.32. The molecule has 7 heteroatoms. The number of piperidine rings is 1. The van der Waals surface area contributed by atoms with E-state index >= 15 is 0 Å². The summed E-state index contributed by atoms with van der Waals surface area (Å²) in [5.41, 5.74) is 3.82. The molecule has 0 spiro atoms. The number of aromatic nitrogens is 5. The Bertz CT molecular complexity index is 718. The van der Waals surface area contributed by atoms with Gasteiger partial charge >= 0.3 is 0 Å². The van der Waals surface area contributed by atoms with Gasteiger partial charge in [-0.2, -0.15) is 5.10 Å². The molecule has 2 aliphatic heterocycles. The van der Waals surface area contributed by atoms with Gasteiger partial charge in [-0.3, -0.25) is 9.58 Å². The van der Waals surface area contributed by atoms with Gasteiger partial charge in [-0.05, 0) is 25.5 Å². The van der Waals surface area contributed by atoms with E-state index in [9.17, 15) is 0 Å². The lowest BCUT2D eigenvalue weighted by Crippen LogP contribution is -2.36. The molecule has 1 saturated heterocycles. The Morgan fingerprint density at radius 2 is 2.16 bits per heavy atom.